The third kappa shape index (κ3) is 2.28. The third-order valence-corrected chi connectivity index (χ3v) is 2.13. The zero-order chi connectivity index (χ0) is 9.84. The maximum absolute atomic E-state index is 4.46. The first kappa shape index (κ1) is 10.2. The van der Waals surface area contributed by atoms with E-state index in [0.29, 0.717) is 0 Å². The molecule has 0 aliphatic heterocycles. The number of hydrogen-bond donors (Lipinski definition) is 1. The van der Waals surface area contributed by atoms with Gasteiger partial charge in [0.2, 0.25) is 0 Å². The number of nitrogens with one attached hydrogen (secondary N) is 1. The van der Waals surface area contributed by atoms with Gasteiger partial charge in [-0.25, -0.2) is 4.98 Å². The Bertz CT molecular complexity index is 267. The average molecular weight is 182 g/mol. The first-order chi connectivity index (χ1) is 6.19. The Labute approximate surface area is 79.4 Å². The minimum Gasteiger partial charge on any atom is -0.311 e. The predicted octanol–water partition coefficient (Wildman–Crippen LogP) is 1.05. The average Bonchev–Trinajstić information content (AvgIpc) is 2.46. The fourth-order valence-electron chi connectivity index (χ4n) is 1.29. The molecule has 0 amide bonds. The molecular formula is C9H18N4. The molecule has 1 aromatic heterocycles. The van der Waals surface area contributed by atoms with Crippen LogP contribution in [-0.2, 0) is 13.5 Å². The second kappa shape index (κ2) is 4.37. The summed E-state index contributed by atoms with van der Waals surface area (Å²) in [5, 5.41) is 7.49. The molecule has 1 aromatic rings. The van der Waals surface area contributed by atoms with Gasteiger partial charge in [-0.3, -0.25) is 4.68 Å². The largest absolute Gasteiger partial charge is 0.311 e. The van der Waals surface area contributed by atoms with Crippen LogP contribution < -0.4 is 5.32 Å². The van der Waals surface area contributed by atoms with E-state index in [9.17, 15) is 0 Å². The molecule has 0 aliphatic rings. The molecule has 0 aromatic carbocycles. The van der Waals surface area contributed by atoms with Crippen LogP contribution in [0.25, 0.3) is 0 Å². The van der Waals surface area contributed by atoms with Crippen LogP contribution in [0.1, 0.15) is 38.0 Å². The zero-order valence-electron chi connectivity index (χ0n) is 8.83. The minimum absolute atomic E-state index is 0.267. The summed E-state index contributed by atoms with van der Waals surface area (Å²) in [6, 6.07) is 0.267. The molecule has 0 spiro atoms. The van der Waals surface area contributed by atoms with Crippen molar-refractivity contribution in [3.63, 3.8) is 0 Å². The van der Waals surface area contributed by atoms with Crippen LogP contribution in [0.15, 0.2) is 0 Å². The summed E-state index contributed by atoms with van der Waals surface area (Å²) in [6.07, 6.45) is 2.06. The highest BCUT2D eigenvalue weighted by atomic mass is 15.3. The Morgan fingerprint density at radius 1 is 1.54 bits per heavy atom. The number of nitrogens with zero attached hydrogens (tertiary/aromatic N) is 3. The first-order valence-electron chi connectivity index (χ1n) is 4.76. The Hall–Kier alpha value is -0.900. The van der Waals surface area contributed by atoms with Gasteiger partial charge in [0, 0.05) is 13.5 Å². The van der Waals surface area contributed by atoms with Crippen LogP contribution in [0.5, 0.6) is 0 Å². The van der Waals surface area contributed by atoms with Crippen LogP contribution in [0.3, 0.4) is 0 Å². The molecule has 0 radical (unpaired) electrons. The van der Waals surface area contributed by atoms with Gasteiger partial charge in [-0.2, -0.15) is 5.10 Å². The van der Waals surface area contributed by atoms with Gasteiger partial charge >= 0.3 is 0 Å². The molecule has 0 aliphatic carbocycles. The van der Waals surface area contributed by atoms with E-state index in [1.54, 1.807) is 0 Å². The second-order valence-electron chi connectivity index (χ2n) is 3.27. The van der Waals surface area contributed by atoms with Crippen molar-refractivity contribution in [3.05, 3.63) is 11.6 Å². The quantitative estimate of drug-likeness (QED) is 0.756. The summed E-state index contributed by atoms with van der Waals surface area (Å²) >= 11 is 0. The van der Waals surface area contributed by atoms with Gasteiger partial charge in [0.25, 0.3) is 0 Å². The van der Waals surface area contributed by atoms with Crippen LogP contribution in [0.4, 0.5) is 0 Å². The second-order valence-corrected chi connectivity index (χ2v) is 3.27. The minimum atomic E-state index is 0.267. The van der Waals surface area contributed by atoms with Gasteiger partial charge < -0.3 is 5.32 Å². The molecule has 1 atom stereocenters. The molecule has 4 heteroatoms. The Morgan fingerprint density at radius 2 is 2.23 bits per heavy atom. The number of rotatable bonds is 4. The molecule has 1 rings (SSSR count). The van der Waals surface area contributed by atoms with Gasteiger partial charge in [0.05, 0.1) is 6.04 Å². The Kier molecular flexibility index (Phi) is 3.42. The van der Waals surface area contributed by atoms with Crippen LogP contribution >= 0.6 is 0 Å². The molecular weight excluding hydrogens is 164 g/mol. The van der Waals surface area contributed by atoms with E-state index >= 15 is 0 Å². The fourth-order valence-corrected chi connectivity index (χ4v) is 1.29. The molecule has 1 heterocycles. The van der Waals surface area contributed by atoms with Gasteiger partial charge in [0.1, 0.15) is 5.82 Å². The lowest BCUT2D eigenvalue weighted by Crippen LogP contribution is -2.16. The van der Waals surface area contributed by atoms with E-state index in [2.05, 4.69) is 29.2 Å². The van der Waals surface area contributed by atoms with Gasteiger partial charge in [0.15, 0.2) is 5.82 Å². The van der Waals surface area contributed by atoms with E-state index < -0.39 is 0 Å². The van der Waals surface area contributed by atoms with E-state index in [1.165, 1.54) is 0 Å². The SMILES string of the molecule is CCCc1nc(C(C)NC)n(C)n1. The summed E-state index contributed by atoms with van der Waals surface area (Å²) in [4.78, 5) is 4.46. The fraction of sp³-hybridized carbons (Fsp3) is 0.778. The van der Waals surface area contributed by atoms with E-state index in [0.717, 1.165) is 24.5 Å². The van der Waals surface area contributed by atoms with E-state index in [4.69, 9.17) is 0 Å². The summed E-state index contributed by atoms with van der Waals surface area (Å²) in [5.74, 6) is 1.95. The van der Waals surface area contributed by atoms with E-state index in [-0.39, 0.29) is 6.04 Å². The Morgan fingerprint density at radius 3 is 2.77 bits per heavy atom. The van der Waals surface area contributed by atoms with Crippen LogP contribution in [-0.4, -0.2) is 21.8 Å². The number of hydrogen-bond acceptors (Lipinski definition) is 3. The van der Waals surface area contributed by atoms with Crippen molar-refractivity contribution in [3.8, 4) is 0 Å². The third-order valence-electron chi connectivity index (χ3n) is 2.13. The van der Waals surface area contributed by atoms with Gasteiger partial charge in [-0.05, 0) is 20.4 Å². The molecule has 1 unspecified atom stereocenters. The normalized spacial score (nSPS) is 13.2. The summed E-state index contributed by atoms with van der Waals surface area (Å²) in [5.41, 5.74) is 0. The standard InChI is InChI=1S/C9H18N4/c1-5-6-8-11-9(7(2)10-3)13(4)12-8/h7,10H,5-6H2,1-4H3. The molecule has 13 heavy (non-hydrogen) atoms. The van der Waals surface area contributed by atoms with Crippen molar-refractivity contribution >= 4 is 0 Å². The zero-order valence-corrected chi connectivity index (χ0v) is 8.83. The van der Waals surface area contributed by atoms with Gasteiger partial charge in [-0.15, -0.1) is 0 Å². The molecule has 1 N–H and O–H groups in total. The van der Waals surface area contributed by atoms with E-state index in [1.807, 2.05) is 18.8 Å². The summed E-state index contributed by atoms with van der Waals surface area (Å²) < 4.78 is 1.85. The smallest absolute Gasteiger partial charge is 0.151 e. The lowest BCUT2D eigenvalue weighted by Gasteiger charge is -2.07. The van der Waals surface area contributed by atoms with Crippen molar-refractivity contribution in [2.45, 2.75) is 32.7 Å². The molecule has 0 fully saturated rings. The highest BCUT2D eigenvalue weighted by molar-refractivity contribution is 4.97. The Balaban J connectivity index is 2.82. The topological polar surface area (TPSA) is 42.7 Å². The molecule has 0 bridgehead atoms. The number of aromatic nitrogens is 3. The lowest BCUT2D eigenvalue weighted by molar-refractivity contribution is 0.564. The monoisotopic (exact) mass is 182 g/mol. The summed E-state index contributed by atoms with van der Waals surface area (Å²) in [7, 11) is 3.87. The predicted molar refractivity (Wildman–Crippen MR) is 52.5 cm³/mol. The molecule has 0 saturated heterocycles. The first-order valence-corrected chi connectivity index (χ1v) is 4.76. The highest BCUT2D eigenvalue weighted by Gasteiger charge is 2.11. The van der Waals surface area contributed by atoms with Crippen molar-refractivity contribution < 1.29 is 0 Å². The molecule has 4 nitrogen and oxygen atoms in total. The number of aryl methyl sites for hydroxylation is 2. The van der Waals surface area contributed by atoms with Crippen LogP contribution in [0.2, 0.25) is 0 Å². The van der Waals surface area contributed by atoms with Crippen molar-refractivity contribution in [2.75, 3.05) is 7.05 Å². The maximum atomic E-state index is 4.46. The maximum Gasteiger partial charge on any atom is 0.151 e. The van der Waals surface area contributed by atoms with Crippen LogP contribution in [0, 0.1) is 0 Å². The van der Waals surface area contributed by atoms with Crippen molar-refractivity contribution in [2.24, 2.45) is 7.05 Å². The van der Waals surface area contributed by atoms with Crippen molar-refractivity contribution in [1.29, 1.82) is 0 Å². The lowest BCUT2D eigenvalue weighted by atomic mass is 10.3. The highest BCUT2D eigenvalue weighted by Crippen LogP contribution is 2.08. The molecule has 0 saturated carbocycles. The summed E-state index contributed by atoms with van der Waals surface area (Å²) in [6.45, 7) is 4.22. The van der Waals surface area contributed by atoms with Gasteiger partial charge in [-0.1, -0.05) is 6.92 Å². The molecule has 74 valence electrons. The van der Waals surface area contributed by atoms with Crippen molar-refractivity contribution in [1.82, 2.24) is 20.1 Å².